The topological polar surface area (TPSA) is 104 Å². The Balaban J connectivity index is 0.00000280. The molecule has 0 bridgehead atoms. The zero-order chi connectivity index (χ0) is 19.3. The molecule has 0 saturated carbocycles. The lowest BCUT2D eigenvalue weighted by Gasteiger charge is -2.13. The minimum absolute atomic E-state index is 0. The number of halogens is 1. The van der Waals surface area contributed by atoms with E-state index in [1.54, 1.807) is 13.2 Å². The molecule has 3 rings (SSSR count). The third-order valence-corrected chi connectivity index (χ3v) is 4.00. The Morgan fingerprint density at radius 2 is 1.96 bits per heavy atom. The molecule has 2 aromatic heterocycles. The average Bonchev–Trinajstić information content (AvgIpc) is 3.34. The zero-order valence-electron chi connectivity index (χ0n) is 16.5. The first-order chi connectivity index (χ1) is 13.0. The predicted octanol–water partition coefficient (Wildman–Crippen LogP) is 3.24. The first-order valence-corrected chi connectivity index (χ1v) is 8.80. The number of hydrogen-bond donors (Lipinski definition) is 3. The Bertz CT molecular complexity index is 897. The van der Waals surface area contributed by atoms with Crippen LogP contribution >= 0.6 is 24.0 Å². The molecule has 0 amide bonds. The van der Waals surface area contributed by atoms with Crippen molar-refractivity contribution in [2.75, 3.05) is 7.05 Å². The van der Waals surface area contributed by atoms with Gasteiger partial charge in [0.2, 0.25) is 5.89 Å². The summed E-state index contributed by atoms with van der Waals surface area (Å²) in [5, 5.41) is 13.3. The fourth-order valence-electron chi connectivity index (χ4n) is 2.48. The molecule has 0 saturated heterocycles. The van der Waals surface area contributed by atoms with Gasteiger partial charge in [0.25, 0.3) is 0 Å². The minimum atomic E-state index is -0.0558. The molecule has 0 radical (unpaired) electrons. The van der Waals surface area contributed by atoms with Gasteiger partial charge in [0.1, 0.15) is 12.1 Å². The van der Waals surface area contributed by atoms with Crippen molar-refractivity contribution in [2.45, 2.75) is 39.3 Å². The fourth-order valence-corrected chi connectivity index (χ4v) is 2.48. The number of aromatic nitrogens is 4. The average molecular weight is 495 g/mol. The van der Waals surface area contributed by atoms with Crippen LogP contribution in [0, 0.1) is 0 Å². The number of nitrogens with one attached hydrogen (secondary N) is 3. The smallest absolute Gasteiger partial charge is 0.213 e. The van der Waals surface area contributed by atoms with Crippen LogP contribution in [0.25, 0.3) is 11.4 Å². The maximum absolute atomic E-state index is 5.79. The van der Waals surface area contributed by atoms with Gasteiger partial charge in [-0.25, -0.2) is 9.97 Å². The summed E-state index contributed by atoms with van der Waals surface area (Å²) in [7, 11) is 1.73. The molecule has 28 heavy (non-hydrogen) atoms. The van der Waals surface area contributed by atoms with Gasteiger partial charge in [0.15, 0.2) is 11.8 Å². The molecule has 0 aliphatic rings. The van der Waals surface area contributed by atoms with Gasteiger partial charge in [0.05, 0.1) is 12.7 Å². The molecular formula is C19H26IN7O. The molecule has 3 N–H and O–H groups in total. The maximum atomic E-state index is 5.79. The van der Waals surface area contributed by atoms with Gasteiger partial charge < -0.3 is 15.1 Å². The third kappa shape index (κ3) is 5.78. The van der Waals surface area contributed by atoms with E-state index in [1.165, 1.54) is 6.33 Å². The normalized spacial score (nSPS) is 11.8. The van der Waals surface area contributed by atoms with Crippen LogP contribution in [-0.2, 0) is 18.5 Å². The molecule has 150 valence electrons. The quantitative estimate of drug-likeness (QED) is 0.285. The number of aromatic amines is 1. The summed E-state index contributed by atoms with van der Waals surface area (Å²) in [6.45, 7) is 7.38. The van der Waals surface area contributed by atoms with Gasteiger partial charge in [-0.1, -0.05) is 39.0 Å². The number of hydrogen-bond acceptors (Lipinski definition) is 5. The fraction of sp³-hybridized carbons (Fsp3) is 0.368. The summed E-state index contributed by atoms with van der Waals surface area (Å²) in [6.07, 6.45) is 3.28. The molecule has 0 fully saturated rings. The monoisotopic (exact) mass is 495 g/mol. The summed E-state index contributed by atoms with van der Waals surface area (Å²) >= 11 is 0. The van der Waals surface area contributed by atoms with Crippen molar-refractivity contribution in [3.05, 3.63) is 54.0 Å². The van der Waals surface area contributed by atoms with Crippen molar-refractivity contribution in [3.63, 3.8) is 0 Å². The van der Waals surface area contributed by atoms with Gasteiger partial charge in [-0.3, -0.25) is 10.1 Å². The largest absolute Gasteiger partial charge is 0.443 e. The van der Waals surface area contributed by atoms with Crippen molar-refractivity contribution < 1.29 is 4.42 Å². The maximum Gasteiger partial charge on any atom is 0.213 e. The van der Waals surface area contributed by atoms with E-state index in [0.717, 1.165) is 22.7 Å². The van der Waals surface area contributed by atoms with Gasteiger partial charge in [-0.05, 0) is 11.6 Å². The molecule has 0 aliphatic heterocycles. The number of H-pyrrole nitrogens is 1. The first-order valence-electron chi connectivity index (χ1n) is 8.80. The van der Waals surface area contributed by atoms with Crippen molar-refractivity contribution in [2.24, 2.45) is 4.99 Å². The van der Waals surface area contributed by atoms with Crippen molar-refractivity contribution in [1.82, 2.24) is 30.8 Å². The van der Waals surface area contributed by atoms with E-state index in [9.17, 15) is 0 Å². The lowest BCUT2D eigenvalue weighted by molar-refractivity contribution is 0.379. The van der Waals surface area contributed by atoms with Crippen LogP contribution in [0.3, 0.4) is 0 Å². The van der Waals surface area contributed by atoms with Gasteiger partial charge in [-0.2, -0.15) is 5.10 Å². The van der Waals surface area contributed by atoms with Crippen LogP contribution in [0.15, 0.2) is 46.2 Å². The third-order valence-electron chi connectivity index (χ3n) is 4.00. The van der Waals surface area contributed by atoms with Crippen LogP contribution in [0.5, 0.6) is 0 Å². The number of benzene rings is 1. The minimum Gasteiger partial charge on any atom is -0.443 e. The second kappa shape index (κ2) is 9.67. The molecule has 0 atom stereocenters. The van der Waals surface area contributed by atoms with E-state index in [1.807, 2.05) is 18.2 Å². The highest BCUT2D eigenvalue weighted by atomic mass is 127. The van der Waals surface area contributed by atoms with E-state index in [0.29, 0.717) is 24.9 Å². The van der Waals surface area contributed by atoms with E-state index >= 15 is 0 Å². The zero-order valence-corrected chi connectivity index (χ0v) is 18.8. The molecule has 0 aliphatic carbocycles. The molecule has 2 heterocycles. The molecule has 3 aromatic rings. The van der Waals surface area contributed by atoms with Crippen LogP contribution in [-0.4, -0.2) is 33.2 Å². The standard InChI is InChI=1S/C19H25N7O.HI/c1-19(2,3)15-10-21-16(27-15)11-23-18(20-4)22-9-13-6-5-7-14(8-13)17-24-12-25-26-17;/h5-8,10,12H,9,11H2,1-4H3,(H2,20,22,23)(H,24,25,26);1H. The summed E-state index contributed by atoms with van der Waals surface area (Å²) in [5.74, 6) is 2.93. The Kier molecular flexibility index (Phi) is 7.55. The first kappa shape index (κ1) is 21.9. The Morgan fingerprint density at radius 1 is 1.18 bits per heavy atom. The van der Waals surface area contributed by atoms with Gasteiger partial charge >= 0.3 is 0 Å². The Labute approximate surface area is 181 Å². The van der Waals surface area contributed by atoms with Gasteiger partial charge in [0, 0.05) is 24.6 Å². The lowest BCUT2D eigenvalue weighted by atomic mass is 9.94. The number of rotatable bonds is 5. The highest BCUT2D eigenvalue weighted by Gasteiger charge is 2.19. The van der Waals surface area contributed by atoms with Crippen LogP contribution in [0.2, 0.25) is 0 Å². The lowest BCUT2D eigenvalue weighted by Crippen LogP contribution is -2.36. The van der Waals surface area contributed by atoms with Crippen molar-refractivity contribution >= 4 is 29.9 Å². The number of guanidine groups is 1. The highest BCUT2D eigenvalue weighted by Crippen LogP contribution is 2.22. The molecule has 1 aromatic carbocycles. The van der Waals surface area contributed by atoms with Crippen LogP contribution in [0.1, 0.15) is 38.0 Å². The number of aliphatic imine (C=N–C) groups is 1. The second-order valence-corrected chi connectivity index (χ2v) is 7.18. The van der Waals surface area contributed by atoms with E-state index in [2.05, 4.69) is 62.6 Å². The van der Waals surface area contributed by atoms with E-state index in [4.69, 9.17) is 4.42 Å². The summed E-state index contributed by atoms with van der Waals surface area (Å²) in [4.78, 5) is 12.7. The van der Waals surface area contributed by atoms with Crippen molar-refractivity contribution in [3.8, 4) is 11.4 Å². The number of nitrogens with zero attached hydrogens (tertiary/aromatic N) is 4. The van der Waals surface area contributed by atoms with Crippen LogP contribution < -0.4 is 10.6 Å². The van der Waals surface area contributed by atoms with Gasteiger partial charge in [-0.15, -0.1) is 24.0 Å². The summed E-state index contributed by atoms with van der Waals surface area (Å²) in [5.41, 5.74) is 2.04. The Hall–Kier alpha value is -2.43. The van der Waals surface area contributed by atoms with Crippen molar-refractivity contribution in [1.29, 1.82) is 0 Å². The molecule has 8 nitrogen and oxygen atoms in total. The van der Waals surface area contributed by atoms with Crippen LogP contribution in [0.4, 0.5) is 0 Å². The highest BCUT2D eigenvalue weighted by molar-refractivity contribution is 14.0. The van der Waals surface area contributed by atoms with E-state index in [-0.39, 0.29) is 29.4 Å². The number of oxazole rings is 1. The second-order valence-electron chi connectivity index (χ2n) is 7.18. The predicted molar refractivity (Wildman–Crippen MR) is 119 cm³/mol. The molecule has 9 heteroatoms. The summed E-state index contributed by atoms with van der Waals surface area (Å²) in [6, 6.07) is 8.09. The molecular weight excluding hydrogens is 469 g/mol. The molecule has 0 unspecified atom stereocenters. The Morgan fingerprint density at radius 3 is 2.61 bits per heavy atom. The molecule has 0 spiro atoms. The van der Waals surface area contributed by atoms with E-state index < -0.39 is 0 Å². The SMILES string of the molecule is CN=C(NCc1cccc(-c2ncn[nH]2)c1)NCc1ncc(C(C)(C)C)o1.I. The summed E-state index contributed by atoms with van der Waals surface area (Å²) < 4.78 is 5.79.